The largest absolute Gasteiger partial charge is 0.373 e. The zero-order chi connectivity index (χ0) is 9.84. The van der Waals surface area contributed by atoms with Crippen LogP contribution in [0.3, 0.4) is 0 Å². The van der Waals surface area contributed by atoms with Gasteiger partial charge in [-0.05, 0) is 24.8 Å². The number of hydrogen-bond acceptors (Lipinski definition) is 3. The maximum atomic E-state index is 11.8. The lowest BCUT2D eigenvalue weighted by atomic mass is 10.1. The summed E-state index contributed by atoms with van der Waals surface area (Å²) < 4.78 is 5.10. The SMILES string of the molecule is CCC(OC)C(=O)c1ccsc1C. The minimum absolute atomic E-state index is 0.101. The monoisotopic (exact) mass is 198 g/mol. The van der Waals surface area contributed by atoms with Crippen LogP contribution < -0.4 is 0 Å². The van der Waals surface area contributed by atoms with Crippen LogP contribution in [0.25, 0.3) is 0 Å². The van der Waals surface area contributed by atoms with Crippen LogP contribution in [0.4, 0.5) is 0 Å². The highest BCUT2D eigenvalue weighted by Crippen LogP contribution is 2.18. The molecule has 0 spiro atoms. The highest BCUT2D eigenvalue weighted by atomic mass is 32.1. The lowest BCUT2D eigenvalue weighted by Crippen LogP contribution is -2.22. The molecule has 0 radical (unpaired) electrons. The van der Waals surface area contributed by atoms with E-state index in [1.54, 1.807) is 18.4 Å². The molecule has 0 bridgehead atoms. The Bertz CT molecular complexity index is 287. The first-order chi connectivity index (χ1) is 6.20. The molecule has 1 unspecified atom stereocenters. The number of aryl methyl sites for hydroxylation is 1. The topological polar surface area (TPSA) is 26.3 Å². The Morgan fingerprint density at radius 1 is 1.69 bits per heavy atom. The number of methoxy groups -OCH3 is 1. The number of ketones is 1. The molecular weight excluding hydrogens is 184 g/mol. The summed E-state index contributed by atoms with van der Waals surface area (Å²) in [5.74, 6) is 0.101. The molecule has 0 fully saturated rings. The van der Waals surface area contributed by atoms with Gasteiger partial charge in [0.25, 0.3) is 0 Å². The second-order valence-corrected chi connectivity index (χ2v) is 4.01. The number of hydrogen-bond donors (Lipinski definition) is 0. The van der Waals surface area contributed by atoms with E-state index < -0.39 is 0 Å². The van der Waals surface area contributed by atoms with Crippen LogP contribution >= 0.6 is 11.3 Å². The van der Waals surface area contributed by atoms with Crippen molar-refractivity contribution in [3.63, 3.8) is 0 Å². The van der Waals surface area contributed by atoms with Gasteiger partial charge in [0, 0.05) is 17.6 Å². The third-order valence-corrected chi connectivity index (χ3v) is 2.92. The summed E-state index contributed by atoms with van der Waals surface area (Å²) in [7, 11) is 1.58. The first-order valence-corrected chi connectivity index (χ1v) is 5.19. The van der Waals surface area contributed by atoms with Gasteiger partial charge in [0.15, 0.2) is 5.78 Å². The van der Waals surface area contributed by atoms with E-state index in [-0.39, 0.29) is 11.9 Å². The second kappa shape index (κ2) is 4.53. The lowest BCUT2D eigenvalue weighted by molar-refractivity contribution is 0.0595. The van der Waals surface area contributed by atoms with Crippen LogP contribution in [0, 0.1) is 6.92 Å². The molecule has 1 aromatic rings. The average molecular weight is 198 g/mol. The normalized spacial score (nSPS) is 12.8. The van der Waals surface area contributed by atoms with Crippen molar-refractivity contribution >= 4 is 17.1 Å². The Balaban J connectivity index is 2.84. The smallest absolute Gasteiger partial charge is 0.192 e. The standard InChI is InChI=1S/C10H14O2S/c1-4-9(12-3)10(11)8-5-6-13-7(8)2/h5-6,9H,4H2,1-3H3. The average Bonchev–Trinajstić information content (AvgIpc) is 2.53. The highest BCUT2D eigenvalue weighted by molar-refractivity contribution is 7.10. The minimum Gasteiger partial charge on any atom is -0.373 e. The van der Waals surface area contributed by atoms with Crippen molar-refractivity contribution in [2.75, 3.05) is 7.11 Å². The van der Waals surface area contributed by atoms with Crippen molar-refractivity contribution in [3.05, 3.63) is 21.9 Å². The molecule has 0 amide bonds. The van der Waals surface area contributed by atoms with Gasteiger partial charge in [-0.1, -0.05) is 6.92 Å². The van der Waals surface area contributed by atoms with E-state index in [2.05, 4.69) is 0 Å². The summed E-state index contributed by atoms with van der Waals surface area (Å²) in [6.07, 6.45) is 0.443. The predicted octanol–water partition coefficient (Wildman–Crippen LogP) is 2.66. The van der Waals surface area contributed by atoms with Crippen LogP contribution in [0.1, 0.15) is 28.6 Å². The number of rotatable bonds is 4. The van der Waals surface area contributed by atoms with E-state index in [9.17, 15) is 4.79 Å². The third kappa shape index (κ3) is 2.17. The van der Waals surface area contributed by atoms with E-state index in [1.807, 2.05) is 25.3 Å². The molecule has 0 aliphatic heterocycles. The summed E-state index contributed by atoms with van der Waals surface area (Å²) in [6.45, 7) is 3.91. The van der Waals surface area contributed by atoms with Crippen LogP contribution in [-0.2, 0) is 4.74 Å². The zero-order valence-corrected chi connectivity index (χ0v) is 8.98. The van der Waals surface area contributed by atoms with Gasteiger partial charge in [0.2, 0.25) is 0 Å². The van der Waals surface area contributed by atoms with E-state index in [0.29, 0.717) is 0 Å². The highest BCUT2D eigenvalue weighted by Gasteiger charge is 2.19. The summed E-state index contributed by atoms with van der Waals surface area (Å²) in [5, 5.41) is 1.94. The van der Waals surface area contributed by atoms with E-state index in [0.717, 1.165) is 16.9 Å². The van der Waals surface area contributed by atoms with Crippen molar-refractivity contribution < 1.29 is 9.53 Å². The maximum absolute atomic E-state index is 11.8. The van der Waals surface area contributed by atoms with Crippen molar-refractivity contribution in [3.8, 4) is 0 Å². The van der Waals surface area contributed by atoms with E-state index >= 15 is 0 Å². The van der Waals surface area contributed by atoms with Crippen molar-refractivity contribution in [1.82, 2.24) is 0 Å². The van der Waals surface area contributed by atoms with Crippen LogP contribution in [0.2, 0.25) is 0 Å². The number of Topliss-reactive ketones (excluding diaryl/α,β-unsaturated/α-hetero) is 1. The molecule has 0 saturated carbocycles. The minimum atomic E-state index is -0.284. The lowest BCUT2D eigenvalue weighted by Gasteiger charge is -2.10. The Morgan fingerprint density at radius 2 is 2.38 bits per heavy atom. The molecule has 1 aromatic heterocycles. The van der Waals surface area contributed by atoms with Crippen molar-refractivity contribution in [2.24, 2.45) is 0 Å². The van der Waals surface area contributed by atoms with Gasteiger partial charge in [-0.3, -0.25) is 4.79 Å². The number of carbonyl (C=O) groups excluding carboxylic acids is 1. The van der Waals surface area contributed by atoms with Crippen molar-refractivity contribution in [1.29, 1.82) is 0 Å². The number of thiophene rings is 1. The summed E-state index contributed by atoms with van der Waals surface area (Å²) in [6, 6.07) is 1.87. The summed E-state index contributed by atoms with van der Waals surface area (Å²) in [5.41, 5.74) is 0.804. The first-order valence-electron chi connectivity index (χ1n) is 4.31. The van der Waals surface area contributed by atoms with Gasteiger partial charge in [-0.25, -0.2) is 0 Å². The molecule has 72 valence electrons. The Kier molecular flexibility index (Phi) is 3.63. The van der Waals surface area contributed by atoms with Gasteiger partial charge < -0.3 is 4.74 Å². The predicted molar refractivity (Wildman–Crippen MR) is 54.5 cm³/mol. The van der Waals surface area contributed by atoms with Gasteiger partial charge in [-0.2, -0.15) is 0 Å². The molecule has 0 aliphatic rings. The van der Waals surface area contributed by atoms with Crippen molar-refractivity contribution in [2.45, 2.75) is 26.4 Å². The zero-order valence-electron chi connectivity index (χ0n) is 8.16. The molecule has 0 aromatic carbocycles. The first kappa shape index (κ1) is 10.4. The molecule has 1 heterocycles. The molecule has 0 saturated heterocycles. The Morgan fingerprint density at radius 3 is 2.77 bits per heavy atom. The molecule has 13 heavy (non-hydrogen) atoms. The summed E-state index contributed by atoms with van der Waals surface area (Å²) in [4.78, 5) is 12.8. The fourth-order valence-corrected chi connectivity index (χ4v) is 1.98. The third-order valence-electron chi connectivity index (χ3n) is 2.07. The summed E-state index contributed by atoms with van der Waals surface area (Å²) >= 11 is 1.59. The van der Waals surface area contributed by atoms with Gasteiger partial charge in [-0.15, -0.1) is 11.3 Å². The van der Waals surface area contributed by atoms with Crippen LogP contribution in [0.15, 0.2) is 11.4 Å². The van der Waals surface area contributed by atoms with E-state index in [1.165, 1.54) is 0 Å². The molecule has 0 aliphatic carbocycles. The maximum Gasteiger partial charge on any atom is 0.192 e. The molecule has 2 nitrogen and oxygen atoms in total. The van der Waals surface area contributed by atoms with Crippen LogP contribution in [0.5, 0.6) is 0 Å². The Hall–Kier alpha value is -0.670. The van der Waals surface area contributed by atoms with E-state index in [4.69, 9.17) is 4.74 Å². The number of ether oxygens (including phenoxy) is 1. The molecular formula is C10H14O2S. The van der Waals surface area contributed by atoms with Gasteiger partial charge in [0.1, 0.15) is 6.10 Å². The fourth-order valence-electron chi connectivity index (χ4n) is 1.27. The number of carbonyl (C=O) groups is 1. The molecule has 1 atom stereocenters. The van der Waals surface area contributed by atoms with Gasteiger partial charge in [0.05, 0.1) is 0 Å². The quantitative estimate of drug-likeness (QED) is 0.695. The van der Waals surface area contributed by atoms with Gasteiger partial charge >= 0.3 is 0 Å². The van der Waals surface area contributed by atoms with Crippen LogP contribution in [-0.4, -0.2) is 19.0 Å². The Labute approximate surface area is 82.5 Å². The molecule has 3 heteroatoms. The fraction of sp³-hybridized carbons (Fsp3) is 0.500. The molecule has 1 rings (SSSR count). The molecule has 0 N–H and O–H groups in total. The second-order valence-electron chi connectivity index (χ2n) is 2.89.